The Morgan fingerprint density at radius 2 is 2.27 bits per heavy atom. The summed E-state index contributed by atoms with van der Waals surface area (Å²) in [6.45, 7) is 1.77. The molecule has 0 aliphatic carbocycles. The Balaban J connectivity index is 2.36. The highest BCUT2D eigenvalue weighted by Gasteiger charge is 2.07. The van der Waals surface area contributed by atoms with Gasteiger partial charge in [-0.3, -0.25) is 0 Å². The molecule has 0 unspecified atom stereocenters. The van der Waals surface area contributed by atoms with Crippen LogP contribution in [0.2, 0.25) is 0 Å². The zero-order chi connectivity index (χ0) is 10.8. The molecular formula is C10H15N5. The monoisotopic (exact) mass is 205 g/mol. The number of anilines is 1. The Morgan fingerprint density at radius 1 is 1.47 bits per heavy atom. The molecule has 2 heterocycles. The Bertz CT molecular complexity index is 460. The first-order valence-electron chi connectivity index (χ1n) is 4.90. The summed E-state index contributed by atoms with van der Waals surface area (Å²) in [6, 6.07) is 3.89. The van der Waals surface area contributed by atoms with Crippen molar-refractivity contribution < 1.29 is 0 Å². The van der Waals surface area contributed by atoms with E-state index in [1.165, 1.54) is 0 Å². The second-order valence-electron chi connectivity index (χ2n) is 3.77. The predicted molar refractivity (Wildman–Crippen MR) is 60.5 cm³/mol. The predicted octanol–water partition coefficient (Wildman–Crippen LogP) is 0.575. The van der Waals surface area contributed by atoms with Crippen molar-refractivity contribution in [1.82, 2.24) is 19.4 Å². The fourth-order valence-corrected chi connectivity index (χ4v) is 1.51. The standard InChI is InChI=1S/C10H15N5/c1-14(2)6-7-15-8-4-3-5-12-9(8)13-10(15)11/h3-5H,6-7H2,1-2H3,(H2,11,12,13). The average molecular weight is 205 g/mol. The van der Waals surface area contributed by atoms with Crippen LogP contribution in [-0.2, 0) is 6.54 Å². The lowest BCUT2D eigenvalue weighted by Gasteiger charge is -2.11. The van der Waals surface area contributed by atoms with Crippen molar-refractivity contribution >= 4 is 17.1 Å². The van der Waals surface area contributed by atoms with Crippen LogP contribution < -0.4 is 5.73 Å². The van der Waals surface area contributed by atoms with Crippen molar-refractivity contribution in [3.8, 4) is 0 Å². The summed E-state index contributed by atoms with van der Waals surface area (Å²) < 4.78 is 1.99. The molecule has 0 saturated carbocycles. The summed E-state index contributed by atoms with van der Waals surface area (Å²) in [5, 5.41) is 0. The lowest BCUT2D eigenvalue weighted by atomic mass is 10.4. The summed E-state index contributed by atoms with van der Waals surface area (Å²) >= 11 is 0. The van der Waals surface area contributed by atoms with Gasteiger partial charge in [0.2, 0.25) is 5.95 Å². The van der Waals surface area contributed by atoms with Crippen LogP contribution in [0.3, 0.4) is 0 Å². The molecule has 80 valence electrons. The van der Waals surface area contributed by atoms with Gasteiger partial charge in [-0.2, -0.15) is 4.98 Å². The molecular weight excluding hydrogens is 190 g/mol. The Labute approximate surface area is 88.5 Å². The van der Waals surface area contributed by atoms with Gasteiger partial charge in [0.05, 0.1) is 5.52 Å². The number of nitrogens with zero attached hydrogens (tertiary/aromatic N) is 4. The van der Waals surface area contributed by atoms with Gasteiger partial charge >= 0.3 is 0 Å². The molecule has 2 aromatic rings. The van der Waals surface area contributed by atoms with Gasteiger partial charge in [-0.25, -0.2) is 4.98 Å². The van der Waals surface area contributed by atoms with E-state index in [9.17, 15) is 0 Å². The normalized spacial score (nSPS) is 11.4. The van der Waals surface area contributed by atoms with Gasteiger partial charge in [-0.1, -0.05) is 0 Å². The molecule has 5 heteroatoms. The van der Waals surface area contributed by atoms with E-state index in [0.717, 1.165) is 18.6 Å². The minimum absolute atomic E-state index is 0.533. The van der Waals surface area contributed by atoms with Crippen LogP contribution in [0, 0.1) is 0 Å². The number of nitrogens with two attached hydrogens (primary N) is 1. The molecule has 15 heavy (non-hydrogen) atoms. The lowest BCUT2D eigenvalue weighted by molar-refractivity contribution is 0.387. The lowest BCUT2D eigenvalue weighted by Crippen LogP contribution is -2.19. The number of likely N-dealkylation sites (N-methyl/N-ethyl adjacent to an activating group) is 1. The molecule has 0 spiro atoms. The third-order valence-corrected chi connectivity index (χ3v) is 2.32. The largest absolute Gasteiger partial charge is 0.369 e. The third-order valence-electron chi connectivity index (χ3n) is 2.32. The van der Waals surface area contributed by atoms with E-state index >= 15 is 0 Å². The summed E-state index contributed by atoms with van der Waals surface area (Å²) in [5.41, 5.74) is 7.55. The Morgan fingerprint density at radius 3 is 3.00 bits per heavy atom. The average Bonchev–Trinajstić information content (AvgIpc) is 2.50. The van der Waals surface area contributed by atoms with E-state index in [1.807, 2.05) is 30.8 Å². The molecule has 0 bridgehead atoms. The highest BCUT2D eigenvalue weighted by molar-refractivity contribution is 5.73. The van der Waals surface area contributed by atoms with E-state index in [1.54, 1.807) is 6.20 Å². The van der Waals surface area contributed by atoms with Crippen LogP contribution in [0.15, 0.2) is 18.3 Å². The number of rotatable bonds is 3. The maximum Gasteiger partial charge on any atom is 0.202 e. The van der Waals surface area contributed by atoms with E-state index in [-0.39, 0.29) is 0 Å². The molecule has 2 rings (SSSR count). The molecule has 2 aromatic heterocycles. The molecule has 0 radical (unpaired) electrons. The minimum atomic E-state index is 0.533. The summed E-state index contributed by atoms with van der Waals surface area (Å²) in [4.78, 5) is 10.5. The molecule has 0 aliphatic rings. The van der Waals surface area contributed by atoms with Crippen molar-refractivity contribution in [3.63, 3.8) is 0 Å². The zero-order valence-electron chi connectivity index (χ0n) is 9.01. The maximum atomic E-state index is 5.83. The SMILES string of the molecule is CN(C)CCn1c(N)nc2ncccc21. The number of hydrogen-bond donors (Lipinski definition) is 1. The van der Waals surface area contributed by atoms with Gasteiger partial charge in [0.1, 0.15) is 0 Å². The number of nitrogen functional groups attached to an aromatic ring is 1. The van der Waals surface area contributed by atoms with E-state index < -0.39 is 0 Å². The Kier molecular flexibility index (Phi) is 2.55. The Hall–Kier alpha value is -1.62. The highest BCUT2D eigenvalue weighted by Crippen LogP contribution is 2.14. The smallest absolute Gasteiger partial charge is 0.202 e. The minimum Gasteiger partial charge on any atom is -0.369 e. The highest BCUT2D eigenvalue weighted by atomic mass is 15.2. The van der Waals surface area contributed by atoms with Crippen LogP contribution in [-0.4, -0.2) is 40.1 Å². The van der Waals surface area contributed by atoms with Gasteiger partial charge in [0.25, 0.3) is 0 Å². The first kappa shape index (κ1) is 9.92. The second kappa shape index (κ2) is 3.86. The van der Waals surface area contributed by atoms with Crippen LogP contribution in [0.5, 0.6) is 0 Å². The topological polar surface area (TPSA) is 60.0 Å². The van der Waals surface area contributed by atoms with E-state index in [2.05, 4.69) is 14.9 Å². The van der Waals surface area contributed by atoms with Gasteiger partial charge in [0.15, 0.2) is 5.65 Å². The van der Waals surface area contributed by atoms with Crippen molar-refractivity contribution in [1.29, 1.82) is 0 Å². The van der Waals surface area contributed by atoms with Crippen molar-refractivity contribution in [3.05, 3.63) is 18.3 Å². The van der Waals surface area contributed by atoms with Crippen molar-refractivity contribution in [2.45, 2.75) is 6.54 Å². The molecule has 0 fully saturated rings. The molecule has 2 N–H and O–H groups in total. The summed E-state index contributed by atoms with van der Waals surface area (Å²) in [5.74, 6) is 0.533. The van der Waals surface area contributed by atoms with Gasteiger partial charge in [-0.05, 0) is 26.2 Å². The van der Waals surface area contributed by atoms with Crippen LogP contribution in [0.25, 0.3) is 11.2 Å². The van der Waals surface area contributed by atoms with Crippen LogP contribution >= 0.6 is 0 Å². The first-order chi connectivity index (χ1) is 7.18. The van der Waals surface area contributed by atoms with Crippen molar-refractivity contribution in [2.75, 3.05) is 26.4 Å². The zero-order valence-corrected chi connectivity index (χ0v) is 9.01. The number of imidazole rings is 1. The van der Waals surface area contributed by atoms with Gasteiger partial charge in [0, 0.05) is 19.3 Å². The number of hydrogen-bond acceptors (Lipinski definition) is 4. The van der Waals surface area contributed by atoms with E-state index in [4.69, 9.17) is 5.73 Å². The molecule has 0 atom stereocenters. The molecule has 0 amide bonds. The molecule has 0 aliphatic heterocycles. The van der Waals surface area contributed by atoms with Crippen LogP contribution in [0.4, 0.5) is 5.95 Å². The maximum absolute atomic E-state index is 5.83. The van der Waals surface area contributed by atoms with Gasteiger partial charge < -0.3 is 15.2 Å². The van der Waals surface area contributed by atoms with Gasteiger partial charge in [-0.15, -0.1) is 0 Å². The fraction of sp³-hybridized carbons (Fsp3) is 0.400. The molecule has 5 nitrogen and oxygen atoms in total. The number of aromatic nitrogens is 3. The summed E-state index contributed by atoms with van der Waals surface area (Å²) in [7, 11) is 4.07. The fourth-order valence-electron chi connectivity index (χ4n) is 1.51. The van der Waals surface area contributed by atoms with Crippen molar-refractivity contribution in [2.24, 2.45) is 0 Å². The molecule has 0 saturated heterocycles. The number of fused-ring (bicyclic) bond motifs is 1. The number of pyridine rings is 1. The quantitative estimate of drug-likeness (QED) is 0.796. The van der Waals surface area contributed by atoms with Crippen LogP contribution in [0.1, 0.15) is 0 Å². The first-order valence-corrected chi connectivity index (χ1v) is 4.90. The molecule has 0 aromatic carbocycles. The van der Waals surface area contributed by atoms with E-state index in [0.29, 0.717) is 11.6 Å². The second-order valence-corrected chi connectivity index (χ2v) is 3.77. The summed E-state index contributed by atoms with van der Waals surface area (Å²) in [6.07, 6.45) is 1.73. The third kappa shape index (κ3) is 1.92.